The molecule has 3 aliphatic rings. The summed E-state index contributed by atoms with van der Waals surface area (Å²) in [6, 6.07) is 6.66. The minimum absolute atomic E-state index is 0.143. The van der Waals surface area contributed by atoms with Gasteiger partial charge in [0.15, 0.2) is 0 Å². The number of urea groups is 1. The first kappa shape index (κ1) is 30.7. The Labute approximate surface area is 260 Å². The van der Waals surface area contributed by atoms with Crippen LogP contribution in [0.4, 0.5) is 33.7 Å². The van der Waals surface area contributed by atoms with Crippen LogP contribution in [0.25, 0.3) is 0 Å². The highest BCUT2D eigenvalue weighted by atomic mass is 35.5. The summed E-state index contributed by atoms with van der Waals surface area (Å²) in [4.78, 5) is 28.5. The summed E-state index contributed by atoms with van der Waals surface area (Å²) < 4.78 is 67.3. The van der Waals surface area contributed by atoms with Gasteiger partial charge in [-0.3, -0.25) is 9.69 Å². The van der Waals surface area contributed by atoms with E-state index in [1.54, 1.807) is 24.3 Å². The van der Waals surface area contributed by atoms with E-state index in [2.05, 4.69) is 10.6 Å². The van der Waals surface area contributed by atoms with E-state index in [4.69, 9.17) is 32.5 Å². The van der Waals surface area contributed by atoms with Crippen molar-refractivity contribution in [3.05, 3.63) is 86.1 Å². The molecule has 1 atom stereocenters. The predicted molar refractivity (Wildman–Crippen MR) is 159 cm³/mol. The molecule has 3 aromatic rings. The Morgan fingerprint density at radius 3 is 2.41 bits per heavy atom. The largest absolute Gasteiger partial charge is 0.495 e. The van der Waals surface area contributed by atoms with Crippen LogP contribution in [0.2, 0.25) is 10.0 Å². The van der Waals surface area contributed by atoms with Gasteiger partial charge in [0.05, 0.1) is 28.5 Å². The van der Waals surface area contributed by atoms with E-state index >= 15 is 0 Å². The summed E-state index contributed by atoms with van der Waals surface area (Å²) >= 11 is 12.9. The fourth-order valence-electron chi connectivity index (χ4n) is 5.75. The molecule has 1 fully saturated rings. The van der Waals surface area contributed by atoms with E-state index in [1.807, 2.05) is 27.7 Å². The third-order valence-electron chi connectivity index (χ3n) is 8.65. The summed E-state index contributed by atoms with van der Waals surface area (Å²) in [5.41, 5.74) is -0.489. The quantitative estimate of drug-likeness (QED) is 0.239. The van der Waals surface area contributed by atoms with Crippen LogP contribution in [0.5, 0.6) is 0 Å². The average Bonchev–Trinajstić information content (AvgIpc) is 3.45. The molecule has 6 rings (SSSR count). The number of hydrogen-bond acceptors (Lipinski definition) is 4. The zero-order valence-electron chi connectivity index (χ0n) is 24.0. The minimum atomic E-state index is -4.88. The monoisotopic (exact) mass is 649 g/mol. The summed E-state index contributed by atoms with van der Waals surface area (Å²) in [6.07, 6.45) is -4.43. The van der Waals surface area contributed by atoms with Gasteiger partial charge in [0.25, 0.3) is 5.91 Å². The van der Waals surface area contributed by atoms with Crippen molar-refractivity contribution in [1.29, 1.82) is 0 Å². The fraction of sp³-hybridized carbons (Fsp3) is 0.333. The molecule has 3 heterocycles. The average molecular weight is 650 g/mol. The second-order valence-electron chi connectivity index (χ2n) is 12.0. The molecule has 0 bridgehead atoms. The molecule has 0 spiro atoms. The molecule has 0 saturated carbocycles. The maximum atomic E-state index is 14.3. The number of halogens is 6. The van der Waals surface area contributed by atoms with Crippen molar-refractivity contribution < 1.29 is 36.5 Å². The van der Waals surface area contributed by atoms with Crippen molar-refractivity contribution in [3.63, 3.8) is 0 Å². The second-order valence-corrected chi connectivity index (χ2v) is 12.8. The standard InChI is InChI=1S/C30H26BCl2F4N3O4/c1-28(2)29(3,4)44-31(43-28)20-13-22(38-26(41)14-9-15(30(35,36)37)11-17(34)10-14)23-24(19-12-16(32)5-6-21(19)33)39-27(42)40-8-7-18(20)25(23)40/h5-6,9-13,24H,7-8H2,1-4H3,(H,38,41)(H,39,42). The smallest absolute Gasteiger partial charge is 0.399 e. The van der Waals surface area contributed by atoms with Gasteiger partial charge in [-0.15, -0.1) is 0 Å². The van der Waals surface area contributed by atoms with Gasteiger partial charge < -0.3 is 19.9 Å². The molecule has 230 valence electrons. The van der Waals surface area contributed by atoms with E-state index < -0.39 is 59.4 Å². The zero-order chi connectivity index (χ0) is 31.9. The lowest BCUT2D eigenvalue weighted by Gasteiger charge is -2.35. The van der Waals surface area contributed by atoms with Gasteiger partial charge in [0.2, 0.25) is 0 Å². The number of nitrogens with one attached hydrogen (secondary N) is 2. The number of carbonyl (C=O) groups excluding carboxylic acids is 2. The summed E-state index contributed by atoms with van der Waals surface area (Å²) in [5, 5.41) is 6.23. The molecule has 0 radical (unpaired) electrons. The third-order valence-corrected chi connectivity index (χ3v) is 9.23. The molecule has 0 aliphatic carbocycles. The van der Waals surface area contributed by atoms with Crippen molar-refractivity contribution >= 4 is 59.1 Å². The Balaban J connectivity index is 1.55. The van der Waals surface area contributed by atoms with Gasteiger partial charge in [0.1, 0.15) is 5.82 Å². The maximum absolute atomic E-state index is 14.3. The molecule has 2 N–H and O–H groups in total. The first-order chi connectivity index (χ1) is 20.5. The van der Waals surface area contributed by atoms with E-state index in [0.29, 0.717) is 52.4 Å². The zero-order valence-corrected chi connectivity index (χ0v) is 25.5. The minimum Gasteiger partial charge on any atom is -0.399 e. The summed E-state index contributed by atoms with van der Waals surface area (Å²) in [6.45, 7) is 7.84. The van der Waals surface area contributed by atoms with Gasteiger partial charge in [-0.2, -0.15) is 13.2 Å². The number of hydrogen-bond donors (Lipinski definition) is 2. The van der Waals surface area contributed by atoms with Crippen LogP contribution in [0.3, 0.4) is 0 Å². The lowest BCUT2D eigenvalue weighted by atomic mass is 9.73. The van der Waals surface area contributed by atoms with Crippen LogP contribution < -0.4 is 21.0 Å². The molecular formula is C30H26BCl2F4N3O4. The second kappa shape index (κ2) is 10.4. The molecule has 1 saturated heterocycles. The molecule has 3 aliphatic heterocycles. The van der Waals surface area contributed by atoms with Crippen LogP contribution in [0, 0.1) is 5.82 Å². The van der Waals surface area contributed by atoms with Crippen molar-refractivity contribution in [1.82, 2.24) is 5.32 Å². The summed E-state index contributed by atoms with van der Waals surface area (Å²) in [5.74, 6) is -2.22. The molecule has 1 unspecified atom stereocenters. The molecule has 3 amide bonds. The van der Waals surface area contributed by atoms with Gasteiger partial charge in [-0.05, 0) is 93.2 Å². The SMILES string of the molecule is CC1(C)OB(c2cc(NC(=O)c3cc(F)cc(C(F)(F)F)c3)c3c4c2CCN4C(=O)NC3c2cc(Cl)ccc2Cl)OC1(C)C. The van der Waals surface area contributed by atoms with Crippen LogP contribution in [-0.4, -0.2) is 36.8 Å². The highest BCUT2D eigenvalue weighted by molar-refractivity contribution is 6.63. The normalized spacial score (nSPS) is 20.0. The number of anilines is 2. The highest BCUT2D eigenvalue weighted by Crippen LogP contribution is 2.47. The summed E-state index contributed by atoms with van der Waals surface area (Å²) in [7, 11) is -0.889. The van der Waals surface area contributed by atoms with Crippen LogP contribution in [-0.2, 0) is 21.9 Å². The lowest BCUT2D eigenvalue weighted by Crippen LogP contribution is -2.47. The Hall–Kier alpha value is -3.32. The number of rotatable bonds is 4. The Bertz CT molecular complexity index is 1720. The van der Waals surface area contributed by atoms with Crippen molar-refractivity contribution in [2.24, 2.45) is 0 Å². The van der Waals surface area contributed by atoms with Crippen LogP contribution in [0.1, 0.15) is 66.3 Å². The molecule has 3 aromatic carbocycles. The number of alkyl halides is 3. The van der Waals surface area contributed by atoms with E-state index in [-0.39, 0.29) is 10.7 Å². The van der Waals surface area contributed by atoms with Crippen molar-refractivity contribution in [2.45, 2.75) is 57.5 Å². The molecule has 14 heteroatoms. The first-order valence-corrected chi connectivity index (χ1v) is 14.5. The topological polar surface area (TPSA) is 79.9 Å². The molecule has 44 heavy (non-hydrogen) atoms. The third kappa shape index (κ3) is 5.11. The number of amides is 3. The lowest BCUT2D eigenvalue weighted by molar-refractivity contribution is -0.137. The number of carbonyl (C=O) groups is 2. The van der Waals surface area contributed by atoms with Gasteiger partial charge in [-0.1, -0.05) is 23.2 Å². The molecule has 0 aromatic heterocycles. The van der Waals surface area contributed by atoms with Crippen LogP contribution in [0.15, 0.2) is 42.5 Å². The van der Waals surface area contributed by atoms with Crippen molar-refractivity contribution in [3.8, 4) is 0 Å². The van der Waals surface area contributed by atoms with Crippen molar-refractivity contribution in [2.75, 3.05) is 16.8 Å². The van der Waals surface area contributed by atoms with Gasteiger partial charge in [0, 0.05) is 33.4 Å². The molecule has 7 nitrogen and oxygen atoms in total. The van der Waals surface area contributed by atoms with E-state index in [9.17, 15) is 27.2 Å². The highest BCUT2D eigenvalue weighted by Gasteiger charge is 2.53. The number of benzene rings is 3. The molecular weight excluding hydrogens is 624 g/mol. The number of nitrogens with zero attached hydrogens (tertiary/aromatic N) is 1. The first-order valence-electron chi connectivity index (χ1n) is 13.7. The Morgan fingerprint density at radius 2 is 1.75 bits per heavy atom. The predicted octanol–water partition coefficient (Wildman–Crippen LogP) is 6.88. The van der Waals surface area contributed by atoms with E-state index in [1.165, 1.54) is 4.90 Å². The van der Waals surface area contributed by atoms with Gasteiger partial charge in [-0.25, -0.2) is 9.18 Å². The Kier molecular flexibility index (Phi) is 7.23. The Morgan fingerprint density at radius 1 is 1.07 bits per heavy atom. The van der Waals surface area contributed by atoms with Crippen LogP contribution >= 0.6 is 23.2 Å². The van der Waals surface area contributed by atoms with Gasteiger partial charge >= 0.3 is 19.3 Å². The van der Waals surface area contributed by atoms with E-state index in [0.717, 1.165) is 11.6 Å². The maximum Gasteiger partial charge on any atom is 0.495 e. The fourth-order valence-corrected chi connectivity index (χ4v) is 6.16.